The molecule has 0 radical (unpaired) electrons. The van der Waals surface area contributed by atoms with Crippen molar-refractivity contribution in [2.75, 3.05) is 30.1 Å². The number of fused-ring (bicyclic) bond motifs is 1. The summed E-state index contributed by atoms with van der Waals surface area (Å²) in [5.74, 6) is -0.255. The molecule has 1 aromatic carbocycles. The van der Waals surface area contributed by atoms with E-state index in [2.05, 4.69) is 19.9 Å². The normalized spacial score (nSPS) is 13.6. The number of aromatic nitrogens is 1. The van der Waals surface area contributed by atoms with E-state index < -0.39 is 10.0 Å². The Hall–Kier alpha value is -2.45. The first-order valence-corrected chi connectivity index (χ1v) is 9.76. The van der Waals surface area contributed by atoms with Crippen molar-refractivity contribution in [1.29, 1.82) is 0 Å². The highest BCUT2D eigenvalue weighted by molar-refractivity contribution is 7.88. The summed E-state index contributed by atoms with van der Waals surface area (Å²) in [7, 11) is -1.26. The molecule has 0 saturated carbocycles. The van der Waals surface area contributed by atoms with E-state index in [1.165, 1.54) is 17.4 Å². The fourth-order valence-corrected chi connectivity index (χ4v) is 3.18. The largest absolute Gasteiger partial charge is 0.374 e. The molecule has 0 bridgehead atoms. The van der Waals surface area contributed by atoms with E-state index in [1.807, 2.05) is 25.2 Å². The van der Waals surface area contributed by atoms with Crippen molar-refractivity contribution in [2.45, 2.75) is 13.0 Å². The lowest BCUT2D eigenvalue weighted by Crippen LogP contribution is -2.22. The van der Waals surface area contributed by atoms with Crippen LogP contribution in [0, 0.1) is 0 Å². The van der Waals surface area contributed by atoms with Gasteiger partial charge in [0.25, 0.3) is 5.91 Å². The molecule has 1 aliphatic rings. The van der Waals surface area contributed by atoms with Gasteiger partial charge in [0.15, 0.2) is 0 Å². The first-order valence-electron chi connectivity index (χ1n) is 7.87. The number of nitrogens with zero attached hydrogens (tertiary/aromatic N) is 2. The number of carbonyl (C=O) groups is 1. The lowest BCUT2D eigenvalue weighted by atomic mass is 10.1. The van der Waals surface area contributed by atoms with Crippen molar-refractivity contribution in [3.63, 3.8) is 0 Å². The van der Waals surface area contributed by atoms with Gasteiger partial charge in [-0.2, -0.15) is 0 Å². The van der Waals surface area contributed by atoms with Crippen molar-refractivity contribution < 1.29 is 13.2 Å². The molecule has 1 aromatic heterocycles. The third-order valence-electron chi connectivity index (χ3n) is 4.06. The number of sulfonamides is 1. The Bertz CT molecular complexity index is 912. The second-order valence-electron chi connectivity index (χ2n) is 6.10. The first kappa shape index (κ1) is 17.4. The monoisotopic (exact) mass is 360 g/mol. The van der Waals surface area contributed by atoms with Crippen molar-refractivity contribution in [1.82, 2.24) is 9.71 Å². The number of likely N-dealkylation sites (N-methyl/N-ethyl adjacent to an activating group) is 1. The number of pyridine rings is 1. The smallest absolute Gasteiger partial charge is 0.255 e. The number of benzene rings is 1. The second kappa shape index (κ2) is 6.81. The Kier molecular flexibility index (Phi) is 4.73. The summed E-state index contributed by atoms with van der Waals surface area (Å²) >= 11 is 0. The molecule has 7 nitrogen and oxygen atoms in total. The number of rotatable bonds is 5. The SMILES string of the molecule is CN1CCc2cc(NC(=O)c3ccnc(CNS(C)(=O)=O)c3)ccc21. The number of carbonyl (C=O) groups excluding carboxylic acids is 1. The summed E-state index contributed by atoms with van der Waals surface area (Å²) in [5.41, 5.74) is 4.06. The predicted octanol–water partition coefficient (Wildman–Crippen LogP) is 1.38. The summed E-state index contributed by atoms with van der Waals surface area (Å²) in [6, 6.07) is 9.05. The maximum Gasteiger partial charge on any atom is 0.255 e. The van der Waals surface area contributed by atoms with E-state index in [1.54, 1.807) is 12.1 Å². The van der Waals surface area contributed by atoms with Gasteiger partial charge >= 0.3 is 0 Å². The third kappa shape index (κ3) is 4.34. The van der Waals surface area contributed by atoms with Crippen LogP contribution in [0.2, 0.25) is 0 Å². The fourth-order valence-electron chi connectivity index (χ4n) is 2.77. The molecule has 2 N–H and O–H groups in total. The zero-order valence-corrected chi connectivity index (χ0v) is 14.9. The van der Waals surface area contributed by atoms with E-state index in [9.17, 15) is 13.2 Å². The van der Waals surface area contributed by atoms with Crippen LogP contribution >= 0.6 is 0 Å². The second-order valence-corrected chi connectivity index (χ2v) is 7.93. The highest BCUT2D eigenvalue weighted by Gasteiger charge is 2.16. The molecule has 2 aromatic rings. The molecule has 8 heteroatoms. The molecule has 1 amide bonds. The Balaban J connectivity index is 1.71. The number of hydrogen-bond acceptors (Lipinski definition) is 5. The Labute approximate surface area is 147 Å². The van der Waals surface area contributed by atoms with Crippen LogP contribution in [0.4, 0.5) is 11.4 Å². The highest BCUT2D eigenvalue weighted by atomic mass is 32.2. The Morgan fingerprint density at radius 2 is 2.08 bits per heavy atom. The molecule has 25 heavy (non-hydrogen) atoms. The molecule has 0 aliphatic carbocycles. The number of nitrogens with one attached hydrogen (secondary N) is 2. The predicted molar refractivity (Wildman–Crippen MR) is 97.3 cm³/mol. The van der Waals surface area contributed by atoms with Crippen LogP contribution in [0.3, 0.4) is 0 Å². The highest BCUT2D eigenvalue weighted by Crippen LogP contribution is 2.29. The van der Waals surface area contributed by atoms with E-state index in [-0.39, 0.29) is 12.5 Å². The van der Waals surface area contributed by atoms with Gasteiger partial charge in [0.2, 0.25) is 10.0 Å². The Morgan fingerprint density at radius 1 is 1.28 bits per heavy atom. The first-order chi connectivity index (χ1) is 11.8. The molecule has 0 atom stereocenters. The van der Waals surface area contributed by atoms with Gasteiger partial charge in [0.1, 0.15) is 0 Å². The molecule has 0 spiro atoms. The lowest BCUT2D eigenvalue weighted by molar-refractivity contribution is 0.102. The summed E-state index contributed by atoms with van der Waals surface area (Å²) < 4.78 is 24.7. The van der Waals surface area contributed by atoms with Crippen molar-refractivity contribution in [3.8, 4) is 0 Å². The minimum absolute atomic E-state index is 0.0468. The molecule has 0 saturated heterocycles. The minimum Gasteiger partial charge on any atom is -0.374 e. The van der Waals surface area contributed by atoms with Crippen LogP contribution in [0.5, 0.6) is 0 Å². The molecule has 1 aliphatic heterocycles. The summed E-state index contributed by atoms with van der Waals surface area (Å²) in [6.07, 6.45) is 3.53. The zero-order valence-electron chi connectivity index (χ0n) is 14.1. The molecule has 132 valence electrons. The van der Waals surface area contributed by atoms with E-state index in [4.69, 9.17) is 0 Å². The molecule has 2 heterocycles. The van der Waals surface area contributed by atoms with Crippen LogP contribution in [0.25, 0.3) is 0 Å². The van der Waals surface area contributed by atoms with Gasteiger partial charge in [-0.3, -0.25) is 9.78 Å². The Morgan fingerprint density at radius 3 is 2.84 bits per heavy atom. The van der Waals surface area contributed by atoms with Gasteiger partial charge in [0.05, 0.1) is 18.5 Å². The molecular formula is C17H20N4O3S. The van der Waals surface area contributed by atoms with Crippen molar-refractivity contribution in [3.05, 3.63) is 53.3 Å². The van der Waals surface area contributed by atoms with Gasteiger partial charge in [-0.1, -0.05) is 0 Å². The standard InChI is InChI=1S/C17H20N4O3S/c1-21-8-6-12-9-14(3-4-16(12)21)20-17(22)13-5-7-18-15(10-13)11-19-25(2,23)24/h3-5,7,9-10,19H,6,8,11H2,1-2H3,(H,20,22). The molecular weight excluding hydrogens is 340 g/mol. The summed E-state index contributed by atoms with van der Waals surface area (Å²) in [5, 5.41) is 2.88. The van der Waals surface area contributed by atoms with E-state index in [0.29, 0.717) is 11.3 Å². The number of hydrogen-bond donors (Lipinski definition) is 2. The number of anilines is 2. The fraction of sp³-hybridized carbons (Fsp3) is 0.294. The quantitative estimate of drug-likeness (QED) is 0.840. The molecule has 0 fully saturated rings. The van der Waals surface area contributed by atoms with Gasteiger partial charge in [-0.15, -0.1) is 0 Å². The van der Waals surface area contributed by atoms with Crippen molar-refractivity contribution in [2.24, 2.45) is 0 Å². The van der Waals surface area contributed by atoms with Crippen LogP contribution < -0.4 is 14.9 Å². The van der Waals surface area contributed by atoms with Gasteiger partial charge in [-0.25, -0.2) is 13.1 Å². The summed E-state index contributed by atoms with van der Waals surface area (Å²) in [6.45, 7) is 1.03. The number of amides is 1. The van der Waals surface area contributed by atoms with Crippen molar-refractivity contribution >= 4 is 27.3 Å². The average molecular weight is 360 g/mol. The van der Waals surface area contributed by atoms with Gasteiger partial charge in [-0.05, 0) is 42.3 Å². The van der Waals surface area contributed by atoms with E-state index >= 15 is 0 Å². The topological polar surface area (TPSA) is 91.4 Å². The maximum absolute atomic E-state index is 12.4. The van der Waals surface area contributed by atoms with Crippen LogP contribution in [0.1, 0.15) is 21.6 Å². The van der Waals surface area contributed by atoms with Crippen LogP contribution in [-0.4, -0.2) is 39.2 Å². The minimum atomic E-state index is -3.31. The molecule has 0 unspecified atom stereocenters. The maximum atomic E-state index is 12.4. The average Bonchev–Trinajstić information content (AvgIpc) is 2.93. The summed E-state index contributed by atoms with van der Waals surface area (Å²) in [4.78, 5) is 18.7. The lowest BCUT2D eigenvalue weighted by Gasteiger charge is -2.12. The van der Waals surface area contributed by atoms with Crippen LogP contribution in [-0.2, 0) is 23.0 Å². The van der Waals surface area contributed by atoms with Gasteiger partial charge in [0, 0.05) is 36.7 Å². The van der Waals surface area contributed by atoms with E-state index in [0.717, 1.165) is 24.9 Å². The van der Waals surface area contributed by atoms with Crippen LogP contribution in [0.15, 0.2) is 36.5 Å². The third-order valence-corrected chi connectivity index (χ3v) is 4.73. The molecule has 3 rings (SSSR count). The zero-order chi connectivity index (χ0) is 18.0. The van der Waals surface area contributed by atoms with Gasteiger partial charge < -0.3 is 10.2 Å².